The van der Waals surface area contributed by atoms with Crippen molar-refractivity contribution in [2.24, 2.45) is 0 Å². The Morgan fingerprint density at radius 1 is 1.47 bits per heavy atom. The van der Waals surface area contributed by atoms with Gasteiger partial charge in [0.15, 0.2) is 12.4 Å². The quantitative estimate of drug-likeness (QED) is 0.786. The van der Waals surface area contributed by atoms with Gasteiger partial charge < -0.3 is 5.32 Å². The summed E-state index contributed by atoms with van der Waals surface area (Å²) in [5, 5.41) is 2.96. The first-order chi connectivity index (χ1) is 6.94. The van der Waals surface area contributed by atoms with Gasteiger partial charge in [0.25, 0.3) is 5.91 Å². The van der Waals surface area contributed by atoms with Gasteiger partial charge in [0.1, 0.15) is 0 Å². The number of hydrogen-bond donors (Lipinski definition) is 1. The number of rotatable bonds is 2. The van der Waals surface area contributed by atoms with Crippen molar-refractivity contribution in [2.45, 2.75) is 39.7 Å². The van der Waals surface area contributed by atoms with Crippen LogP contribution in [0.5, 0.6) is 0 Å². The van der Waals surface area contributed by atoms with Crippen LogP contribution < -0.4 is 10.3 Å². The number of aromatic amines is 1. The average molecular weight is 207 g/mol. The van der Waals surface area contributed by atoms with Crippen LogP contribution in [0.2, 0.25) is 0 Å². The lowest BCUT2D eigenvalue weighted by Gasteiger charge is -2.20. The minimum Gasteiger partial charge on any atom is -0.347 e. The third-order valence-corrected chi connectivity index (χ3v) is 2.06. The van der Waals surface area contributed by atoms with E-state index in [0.717, 1.165) is 17.5 Å². The molecular weight excluding hydrogens is 188 g/mol. The predicted molar refractivity (Wildman–Crippen MR) is 59.6 cm³/mol. The van der Waals surface area contributed by atoms with E-state index in [0.29, 0.717) is 0 Å². The first kappa shape index (κ1) is 11.7. The van der Waals surface area contributed by atoms with Crippen molar-refractivity contribution in [1.82, 2.24) is 5.32 Å². The van der Waals surface area contributed by atoms with Gasteiger partial charge in [-0.3, -0.25) is 4.79 Å². The summed E-state index contributed by atoms with van der Waals surface area (Å²) < 4.78 is 0. The standard InChI is InChI=1S/C12H18N2O/c1-5-9-8-13-7-6-10(9)11(15)14-12(2,3)4/h6-8H,5H2,1-4H3,(H,14,15)/p+1. The minimum atomic E-state index is -0.193. The van der Waals surface area contributed by atoms with E-state index in [2.05, 4.69) is 10.3 Å². The Labute approximate surface area is 90.9 Å². The highest BCUT2D eigenvalue weighted by Gasteiger charge is 2.18. The fourth-order valence-corrected chi connectivity index (χ4v) is 1.39. The summed E-state index contributed by atoms with van der Waals surface area (Å²) in [6.45, 7) is 7.97. The summed E-state index contributed by atoms with van der Waals surface area (Å²) in [5.74, 6) is -0.00616. The van der Waals surface area contributed by atoms with Crippen molar-refractivity contribution in [3.63, 3.8) is 0 Å². The fraction of sp³-hybridized carbons (Fsp3) is 0.500. The molecule has 15 heavy (non-hydrogen) atoms. The maximum atomic E-state index is 11.9. The van der Waals surface area contributed by atoms with E-state index in [1.165, 1.54) is 0 Å². The van der Waals surface area contributed by atoms with Crippen molar-refractivity contribution in [3.8, 4) is 0 Å². The Balaban J connectivity index is 2.91. The molecule has 0 saturated heterocycles. The molecule has 0 spiro atoms. The number of carbonyl (C=O) groups excluding carboxylic acids is 1. The van der Waals surface area contributed by atoms with Gasteiger partial charge in [0.2, 0.25) is 0 Å². The second-order valence-corrected chi connectivity index (χ2v) is 4.64. The van der Waals surface area contributed by atoms with E-state index < -0.39 is 0 Å². The summed E-state index contributed by atoms with van der Waals surface area (Å²) in [5.41, 5.74) is 1.60. The molecule has 0 aliphatic carbocycles. The molecule has 0 fully saturated rings. The number of nitrogens with one attached hydrogen (secondary N) is 2. The number of pyridine rings is 1. The first-order valence-corrected chi connectivity index (χ1v) is 5.25. The van der Waals surface area contributed by atoms with Crippen LogP contribution >= 0.6 is 0 Å². The number of H-pyrrole nitrogens is 1. The molecule has 0 unspecified atom stereocenters. The second-order valence-electron chi connectivity index (χ2n) is 4.64. The molecule has 1 heterocycles. The van der Waals surface area contributed by atoms with Crippen molar-refractivity contribution >= 4 is 5.91 Å². The van der Waals surface area contributed by atoms with E-state index in [1.54, 1.807) is 6.20 Å². The largest absolute Gasteiger partial charge is 0.347 e. The Bertz CT molecular complexity index is 353. The minimum absolute atomic E-state index is 0.00616. The van der Waals surface area contributed by atoms with Gasteiger partial charge in [-0.05, 0) is 27.2 Å². The zero-order valence-corrected chi connectivity index (χ0v) is 9.85. The lowest BCUT2D eigenvalue weighted by atomic mass is 10.0. The van der Waals surface area contributed by atoms with Gasteiger partial charge >= 0.3 is 0 Å². The monoisotopic (exact) mass is 207 g/mol. The van der Waals surface area contributed by atoms with Crippen molar-refractivity contribution in [1.29, 1.82) is 0 Å². The predicted octanol–water partition coefficient (Wildman–Crippen LogP) is 1.59. The molecule has 0 radical (unpaired) electrons. The highest BCUT2D eigenvalue weighted by Crippen LogP contribution is 2.08. The van der Waals surface area contributed by atoms with E-state index >= 15 is 0 Å². The molecule has 1 amide bonds. The summed E-state index contributed by atoms with van der Waals surface area (Å²) in [6.07, 6.45) is 4.50. The van der Waals surface area contributed by atoms with Crippen LogP contribution in [0.4, 0.5) is 0 Å². The number of aryl methyl sites for hydroxylation is 1. The maximum Gasteiger partial charge on any atom is 0.252 e. The summed E-state index contributed by atoms with van der Waals surface area (Å²) in [4.78, 5) is 14.9. The van der Waals surface area contributed by atoms with Crippen LogP contribution in [0, 0.1) is 0 Å². The SMILES string of the molecule is CCc1c[nH+]ccc1C(=O)NC(C)(C)C. The Morgan fingerprint density at radius 2 is 2.13 bits per heavy atom. The third-order valence-electron chi connectivity index (χ3n) is 2.06. The average Bonchev–Trinajstić information content (AvgIpc) is 2.15. The molecule has 3 heteroatoms. The highest BCUT2D eigenvalue weighted by atomic mass is 16.1. The molecule has 0 saturated carbocycles. The second kappa shape index (κ2) is 4.43. The van der Waals surface area contributed by atoms with Crippen molar-refractivity contribution < 1.29 is 9.78 Å². The number of aromatic nitrogens is 1. The van der Waals surface area contributed by atoms with E-state index in [-0.39, 0.29) is 11.4 Å². The van der Waals surface area contributed by atoms with Gasteiger partial charge in [0.05, 0.1) is 5.56 Å². The lowest BCUT2D eigenvalue weighted by molar-refractivity contribution is -0.378. The molecule has 3 nitrogen and oxygen atoms in total. The molecule has 0 aromatic carbocycles. The molecule has 0 bridgehead atoms. The Kier molecular flexibility index (Phi) is 3.45. The molecule has 1 rings (SSSR count). The van der Waals surface area contributed by atoms with Crippen LogP contribution in [-0.2, 0) is 6.42 Å². The molecular formula is C12H19N2O+. The van der Waals surface area contributed by atoms with Crippen LogP contribution in [0.15, 0.2) is 18.5 Å². The zero-order valence-electron chi connectivity index (χ0n) is 9.85. The van der Waals surface area contributed by atoms with Crippen LogP contribution in [-0.4, -0.2) is 11.4 Å². The van der Waals surface area contributed by atoms with Crippen molar-refractivity contribution in [3.05, 3.63) is 29.6 Å². The third kappa shape index (κ3) is 3.35. The number of carbonyl (C=O) groups is 1. The van der Waals surface area contributed by atoms with Gasteiger partial charge in [-0.25, -0.2) is 4.98 Å². The van der Waals surface area contributed by atoms with Gasteiger partial charge in [-0.1, -0.05) is 6.92 Å². The fourth-order valence-electron chi connectivity index (χ4n) is 1.39. The van der Waals surface area contributed by atoms with Crippen LogP contribution in [0.3, 0.4) is 0 Å². The first-order valence-electron chi connectivity index (χ1n) is 5.25. The molecule has 1 aromatic rings. The molecule has 0 aliphatic heterocycles. The van der Waals surface area contributed by atoms with Gasteiger partial charge in [0, 0.05) is 17.2 Å². The Morgan fingerprint density at radius 3 is 2.67 bits per heavy atom. The van der Waals surface area contributed by atoms with Crippen molar-refractivity contribution in [2.75, 3.05) is 0 Å². The van der Waals surface area contributed by atoms with Gasteiger partial charge in [-0.2, -0.15) is 0 Å². The maximum absolute atomic E-state index is 11.9. The number of hydrogen-bond acceptors (Lipinski definition) is 1. The smallest absolute Gasteiger partial charge is 0.252 e. The summed E-state index contributed by atoms with van der Waals surface area (Å²) in [7, 11) is 0. The number of amides is 1. The van der Waals surface area contributed by atoms with E-state index in [1.807, 2.05) is 40.0 Å². The topological polar surface area (TPSA) is 43.2 Å². The van der Waals surface area contributed by atoms with Crippen LogP contribution in [0.25, 0.3) is 0 Å². The molecule has 0 atom stereocenters. The lowest BCUT2D eigenvalue weighted by Crippen LogP contribution is -2.41. The highest BCUT2D eigenvalue weighted by molar-refractivity contribution is 5.95. The molecule has 2 N–H and O–H groups in total. The van der Waals surface area contributed by atoms with Gasteiger partial charge in [-0.15, -0.1) is 0 Å². The molecule has 82 valence electrons. The Hall–Kier alpha value is -1.38. The summed E-state index contributed by atoms with van der Waals surface area (Å²) in [6, 6.07) is 1.82. The normalized spacial score (nSPS) is 11.2. The van der Waals surface area contributed by atoms with E-state index in [4.69, 9.17) is 0 Å². The molecule has 1 aromatic heterocycles. The molecule has 0 aliphatic rings. The summed E-state index contributed by atoms with van der Waals surface area (Å²) >= 11 is 0. The van der Waals surface area contributed by atoms with Crippen LogP contribution in [0.1, 0.15) is 43.6 Å². The van der Waals surface area contributed by atoms with E-state index in [9.17, 15) is 4.79 Å². The zero-order chi connectivity index (χ0) is 11.5.